The molecule has 1 heterocycles. The molecule has 0 aliphatic rings. The van der Waals surface area contributed by atoms with Gasteiger partial charge in [0, 0.05) is 5.69 Å². The molecular weight excluding hydrogens is 204 g/mol. The number of nitrogens with zero attached hydrogens (tertiary/aromatic N) is 2. The van der Waals surface area contributed by atoms with Crippen LogP contribution in [-0.4, -0.2) is 10.2 Å². The van der Waals surface area contributed by atoms with E-state index in [-0.39, 0.29) is 6.01 Å². The highest BCUT2D eigenvalue weighted by atomic mass is 16.4. The van der Waals surface area contributed by atoms with Crippen LogP contribution in [0.15, 0.2) is 28.7 Å². The van der Waals surface area contributed by atoms with Gasteiger partial charge in [-0.15, -0.1) is 0 Å². The van der Waals surface area contributed by atoms with Gasteiger partial charge in [-0.3, -0.25) is 0 Å². The fourth-order valence-electron chi connectivity index (χ4n) is 1.36. The van der Waals surface area contributed by atoms with Crippen molar-refractivity contribution in [2.75, 3.05) is 11.1 Å². The average molecular weight is 218 g/mol. The number of hydrogen-bond acceptors (Lipinski definition) is 5. The zero-order chi connectivity index (χ0) is 11.5. The average Bonchev–Trinajstić information content (AvgIpc) is 2.65. The van der Waals surface area contributed by atoms with E-state index in [0.29, 0.717) is 11.9 Å². The first-order chi connectivity index (χ1) is 7.65. The van der Waals surface area contributed by atoms with E-state index in [1.807, 2.05) is 12.1 Å². The number of nitrogens with two attached hydrogens (primary N) is 1. The van der Waals surface area contributed by atoms with Gasteiger partial charge in [-0.05, 0) is 23.6 Å². The summed E-state index contributed by atoms with van der Waals surface area (Å²) in [6.45, 7) is 4.31. The van der Waals surface area contributed by atoms with Crippen molar-refractivity contribution in [2.45, 2.75) is 19.8 Å². The predicted molar refractivity (Wildman–Crippen MR) is 62.5 cm³/mol. The fourth-order valence-corrected chi connectivity index (χ4v) is 1.36. The van der Waals surface area contributed by atoms with Crippen molar-refractivity contribution >= 4 is 17.7 Å². The maximum Gasteiger partial charge on any atom is 0.321 e. The lowest BCUT2D eigenvalue weighted by Gasteiger charge is -2.06. The molecule has 1 aromatic heterocycles. The number of hydrogen-bond donors (Lipinski definition) is 2. The van der Waals surface area contributed by atoms with Gasteiger partial charge in [-0.25, -0.2) is 0 Å². The van der Waals surface area contributed by atoms with E-state index >= 15 is 0 Å². The highest BCUT2D eigenvalue weighted by molar-refractivity contribution is 5.52. The van der Waals surface area contributed by atoms with Gasteiger partial charge >= 0.3 is 12.0 Å². The lowest BCUT2D eigenvalue weighted by Crippen LogP contribution is -1.92. The molecule has 2 rings (SSSR count). The molecular formula is C11H14N4O. The molecule has 0 aliphatic carbocycles. The zero-order valence-corrected chi connectivity index (χ0v) is 9.27. The molecule has 0 atom stereocenters. The maximum absolute atomic E-state index is 5.32. The Labute approximate surface area is 93.7 Å². The molecule has 0 bridgehead atoms. The first kappa shape index (κ1) is 10.5. The van der Waals surface area contributed by atoms with Gasteiger partial charge < -0.3 is 15.5 Å². The molecule has 5 nitrogen and oxygen atoms in total. The van der Waals surface area contributed by atoms with Crippen LogP contribution in [0.1, 0.15) is 25.3 Å². The lowest BCUT2D eigenvalue weighted by molar-refractivity contribution is 0.593. The predicted octanol–water partition coefficient (Wildman–Crippen LogP) is 2.52. The number of anilines is 3. The molecule has 3 N–H and O–H groups in total. The molecule has 0 unspecified atom stereocenters. The van der Waals surface area contributed by atoms with Gasteiger partial charge in [0.25, 0.3) is 0 Å². The number of benzene rings is 1. The Morgan fingerprint density at radius 2 is 1.88 bits per heavy atom. The number of aromatic nitrogens is 2. The van der Waals surface area contributed by atoms with Crippen molar-refractivity contribution in [3.8, 4) is 0 Å². The Hall–Kier alpha value is -2.04. The molecule has 84 valence electrons. The molecule has 0 spiro atoms. The van der Waals surface area contributed by atoms with Crippen molar-refractivity contribution in [2.24, 2.45) is 0 Å². The van der Waals surface area contributed by atoms with Crippen molar-refractivity contribution < 1.29 is 4.42 Å². The van der Waals surface area contributed by atoms with Crippen LogP contribution in [0.4, 0.5) is 17.7 Å². The number of nitrogens with one attached hydrogen (secondary N) is 1. The van der Waals surface area contributed by atoms with Gasteiger partial charge in [0.15, 0.2) is 0 Å². The monoisotopic (exact) mass is 218 g/mol. The van der Waals surface area contributed by atoms with Crippen molar-refractivity contribution in [1.29, 1.82) is 0 Å². The zero-order valence-electron chi connectivity index (χ0n) is 9.27. The second kappa shape index (κ2) is 4.22. The molecule has 16 heavy (non-hydrogen) atoms. The summed E-state index contributed by atoms with van der Waals surface area (Å²) in [6, 6.07) is 8.42. The summed E-state index contributed by atoms with van der Waals surface area (Å²) in [5.41, 5.74) is 7.50. The minimum absolute atomic E-state index is 0.0568. The summed E-state index contributed by atoms with van der Waals surface area (Å²) in [5, 5.41) is 10.2. The van der Waals surface area contributed by atoms with E-state index in [0.717, 1.165) is 5.69 Å². The van der Waals surface area contributed by atoms with Gasteiger partial charge in [0.05, 0.1) is 0 Å². The van der Waals surface area contributed by atoms with Crippen LogP contribution in [0.5, 0.6) is 0 Å². The molecule has 0 amide bonds. The molecule has 0 aliphatic heterocycles. The third kappa shape index (κ3) is 2.31. The van der Waals surface area contributed by atoms with E-state index in [1.54, 1.807) is 0 Å². The molecule has 0 saturated heterocycles. The molecule has 0 radical (unpaired) electrons. The maximum atomic E-state index is 5.32. The van der Waals surface area contributed by atoms with Crippen LogP contribution in [0.25, 0.3) is 0 Å². The number of rotatable bonds is 3. The summed E-state index contributed by atoms with van der Waals surface area (Å²) in [6.07, 6.45) is 0. The minimum atomic E-state index is 0.0568. The fraction of sp³-hybridized carbons (Fsp3) is 0.273. The quantitative estimate of drug-likeness (QED) is 0.827. The Bertz CT molecular complexity index is 461. The van der Waals surface area contributed by atoms with Crippen molar-refractivity contribution in [3.63, 3.8) is 0 Å². The largest absolute Gasteiger partial charge is 0.389 e. The molecule has 0 saturated carbocycles. The van der Waals surface area contributed by atoms with Crippen molar-refractivity contribution in [3.05, 3.63) is 29.8 Å². The minimum Gasteiger partial charge on any atom is -0.389 e. The first-order valence-electron chi connectivity index (χ1n) is 5.11. The van der Waals surface area contributed by atoms with Gasteiger partial charge in [0.1, 0.15) is 0 Å². The molecule has 0 fully saturated rings. The summed E-state index contributed by atoms with van der Waals surface area (Å²) in [7, 11) is 0. The Morgan fingerprint density at radius 3 is 2.38 bits per heavy atom. The van der Waals surface area contributed by atoms with Crippen LogP contribution in [0.3, 0.4) is 0 Å². The standard InChI is InChI=1S/C11H14N4O/c1-7(2)8-3-5-9(6-4-8)13-11-15-14-10(12)16-11/h3-7H,1-2H3,(H2,12,14)(H,13,15). The van der Waals surface area contributed by atoms with Crippen LogP contribution >= 0.6 is 0 Å². The highest BCUT2D eigenvalue weighted by Crippen LogP contribution is 2.20. The molecule has 1 aromatic carbocycles. The summed E-state index contributed by atoms with van der Waals surface area (Å²) in [4.78, 5) is 0. The van der Waals surface area contributed by atoms with Crippen LogP contribution in [-0.2, 0) is 0 Å². The van der Waals surface area contributed by atoms with E-state index in [4.69, 9.17) is 10.2 Å². The van der Waals surface area contributed by atoms with Gasteiger partial charge in [0.2, 0.25) is 0 Å². The van der Waals surface area contributed by atoms with E-state index < -0.39 is 0 Å². The van der Waals surface area contributed by atoms with Crippen LogP contribution in [0.2, 0.25) is 0 Å². The summed E-state index contributed by atoms with van der Waals surface area (Å²) >= 11 is 0. The molecule has 2 aromatic rings. The third-order valence-electron chi connectivity index (χ3n) is 2.27. The summed E-state index contributed by atoms with van der Waals surface area (Å²) < 4.78 is 5.01. The second-order valence-corrected chi connectivity index (χ2v) is 3.85. The first-order valence-corrected chi connectivity index (χ1v) is 5.11. The Balaban J connectivity index is 2.11. The third-order valence-corrected chi connectivity index (χ3v) is 2.27. The second-order valence-electron chi connectivity index (χ2n) is 3.85. The normalized spacial score (nSPS) is 10.7. The Kier molecular flexibility index (Phi) is 2.76. The van der Waals surface area contributed by atoms with Gasteiger partial charge in [-0.2, -0.15) is 0 Å². The smallest absolute Gasteiger partial charge is 0.321 e. The van der Waals surface area contributed by atoms with Crippen LogP contribution in [0, 0.1) is 0 Å². The van der Waals surface area contributed by atoms with Crippen LogP contribution < -0.4 is 11.1 Å². The van der Waals surface area contributed by atoms with E-state index in [1.165, 1.54) is 5.56 Å². The molecule has 5 heteroatoms. The van der Waals surface area contributed by atoms with E-state index in [2.05, 4.69) is 41.5 Å². The number of nitrogen functional groups attached to an aromatic ring is 1. The van der Waals surface area contributed by atoms with Crippen molar-refractivity contribution in [1.82, 2.24) is 10.2 Å². The topological polar surface area (TPSA) is 77.0 Å². The van der Waals surface area contributed by atoms with Gasteiger partial charge in [-0.1, -0.05) is 36.2 Å². The highest BCUT2D eigenvalue weighted by Gasteiger charge is 2.03. The lowest BCUT2D eigenvalue weighted by atomic mass is 10.0. The Morgan fingerprint density at radius 1 is 1.19 bits per heavy atom. The van der Waals surface area contributed by atoms with E-state index in [9.17, 15) is 0 Å². The SMILES string of the molecule is CC(C)c1ccc(Nc2nnc(N)o2)cc1. The summed E-state index contributed by atoms with van der Waals surface area (Å²) in [5.74, 6) is 0.521.